The maximum Gasteiger partial charge on any atom is 0.309 e. The van der Waals surface area contributed by atoms with Gasteiger partial charge < -0.3 is 15.2 Å². The van der Waals surface area contributed by atoms with Gasteiger partial charge in [-0.3, -0.25) is 4.79 Å². The number of methoxy groups -OCH3 is 1. The molecule has 21 heavy (non-hydrogen) atoms. The summed E-state index contributed by atoms with van der Waals surface area (Å²) >= 11 is 1.57. The minimum atomic E-state index is -0.510. The van der Waals surface area contributed by atoms with Crippen molar-refractivity contribution in [1.82, 2.24) is 5.32 Å². The van der Waals surface area contributed by atoms with E-state index in [0.29, 0.717) is 13.1 Å². The molecule has 0 aliphatic rings. The standard InChI is InChI=1S/C16H19NO3S/c1-20-16(19)8-12-4-2-3-5-13(12)9-17-10-15(18)14-6-7-21-11-14/h2-7,11,15,17-18H,8-10H2,1H3. The Bertz CT molecular complexity index is 569. The molecule has 0 amide bonds. The van der Waals surface area contributed by atoms with Gasteiger partial charge in [0.15, 0.2) is 0 Å². The molecule has 5 heteroatoms. The molecule has 0 fully saturated rings. The molecule has 2 N–H and O–H groups in total. The van der Waals surface area contributed by atoms with Crippen LogP contribution in [0.4, 0.5) is 0 Å². The van der Waals surface area contributed by atoms with E-state index in [0.717, 1.165) is 16.7 Å². The Hall–Kier alpha value is -1.69. The van der Waals surface area contributed by atoms with Crippen molar-refractivity contribution in [2.45, 2.75) is 19.1 Å². The molecule has 0 saturated carbocycles. The Morgan fingerprint density at radius 2 is 2.10 bits per heavy atom. The van der Waals surface area contributed by atoms with Gasteiger partial charge in [-0.05, 0) is 33.5 Å². The van der Waals surface area contributed by atoms with Crippen molar-refractivity contribution < 1.29 is 14.6 Å². The summed E-state index contributed by atoms with van der Waals surface area (Å²) in [6, 6.07) is 9.66. The van der Waals surface area contributed by atoms with E-state index in [1.165, 1.54) is 7.11 Å². The third kappa shape index (κ3) is 4.67. The van der Waals surface area contributed by atoms with E-state index < -0.39 is 6.10 Å². The molecular weight excluding hydrogens is 286 g/mol. The summed E-state index contributed by atoms with van der Waals surface area (Å²) in [5.41, 5.74) is 2.91. The Morgan fingerprint density at radius 1 is 1.33 bits per heavy atom. The number of carbonyl (C=O) groups is 1. The summed E-state index contributed by atoms with van der Waals surface area (Å²) < 4.78 is 4.70. The van der Waals surface area contributed by atoms with Crippen LogP contribution in [0.3, 0.4) is 0 Å². The number of ether oxygens (including phenoxy) is 1. The van der Waals surface area contributed by atoms with Gasteiger partial charge in [0.1, 0.15) is 0 Å². The van der Waals surface area contributed by atoms with Crippen LogP contribution in [0.15, 0.2) is 41.1 Å². The van der Waals surface area contributed by atoms with Crippen LogP contribution < -0.4 is 5.32 Å². The van der Waals surface area contributed by atoms with Gasteiger partial charge in [0, 0.05) is 13.1 Å². The average molecular weight is 305 g/mol. The van der Waals surface area contributed by atoms with Crippen LogP contribution >= 0.6 is 11.3 Å². The lowest BCUT2D eigenvalue weighted by Gasteiger charge is -2.13. The summed E-state index contributed by atoms with van der Waals surface area (Å²) in [6.45, 7) is 1.08. The SMILES string of the molecule is COC(=O)Cc1ccccc1CNCC(O)c1ccsc1. The number of aliphatic hydroxyl groups is 1. The van der Waals surface area contributed by atoms with Crippen LogP contribution in [-0.2, 0) is 22.5 Å². The Kier molecular flexibility index (Phi) is 5.92. The van der Waals surface area contributed by atoms with Crippen LogP contribution in [0.1, 0.15) is 22.8 Å². The zero-order valence-corrected chi connectivity index (χ0v) is 12.7. The topological polar surface area (TPSA) is 58.6 Å². The number of benzene rings is 1. The highest BCUT2D eigenvalue weighted by Gasteiger charge is 2.10. The van der Waals surface area contributed by atoms with Gasteiger partial charge in [-0.15, -0.1) is 0 Å². The molecule has 2 rings (SSSR count). The number of aliphatic hydroxyl groups excluding tert-OH is 1. The number of hydrogen-bond acceptors (Lipinski definition) is 5. The van der Waals surface area contributed by atoms with Gasteiger partial charge in [0.2, 0.25) is 0 Å². The van der Waals surface area contributed by atoms with Gasteiger partial charge in [0.25, 0.3) is 0 Å². The van der Waals surface area contributed by atoms with Crippen molar-refractivity contribution in [3.8, 4) is 0 Å². The minimum Gasteiger partial charge on any atom is -0.469 e. The molecule has 0 radical (unpaired) electrons. The molecule has 0 aliphatic heterocycles. The van der Waals surface area contributed by atoms with Crippen LogP contribution in [0.5, 0.6) is 0 Å². The molecule has 0 spiro atoms. The zero-order valence-electron chi connectivity index (χ0n) is 11.9. The number of esters is 1. The van der Waals surface area contributed by atoms with Crippen molar-refractivity contribution in [2.75, 3.05) is 13.7 Å². The smallest absolute Gasteiger partial charge is 0.309 e. The fourth-order valence-corrected chi connectivity index (χ4v) is 2.76. The molecule has 1 aromatic carbocycles. The molecule has 1 aromatic heterocycles. The molecule has 1 heterocycles. The largest absolute Gasteiger partial charge is 0.469 e. The van der Waals surface area contributed by atoms with Gasteiger partial charge in [-0.1, -0.05) is 24.3 Å². The quantitative estimate of drug-likeness (QED) is 0.771. The lowest BCUT2D eigenvalue weighted by atomic mass is 10.0. The summed E-state index contributed by atoms with van der Waals surface area (Å²) in [5.74, 6) is -0.249. The van der Waals surface area contributed by atoms with Gasteiger partial charge in [-0.25, -0.2) is 0 Å². The maximum absolute atomic E-state index is 11.4. The van der Waals surface area contributed by atoms with Crippen LogP contribution in [0.2, 0.25) is 0 Å². The van der Waals surface area contributed by atoms with E-state index in [1.807, 2.05) is 41.1 Å². The van der Waals surface area contributed by atoms with E-state index in [-0.39, 0.29) is 12.4 Å². The Labute approximate surface area is 128 Å². The van der Waals surface area contributed by atoms with E-state index in [2.05, 4.69) is 5.32 Å². The van der Waals surface area contributed by atoms with Gasteiger partial charge in [-0.2, -0.15) is 11.3 Å². The monoisotopic (exact) mass is 305 g/mol. The number of hydrogen-bond donors (Lipinski definition) is 2. The summed E-state index contributed by atoms with van der Waals surface area (Å²) in [7, 11) is 1.39. The fraction of sp³-hybridized carbons (Fsp3) is 0.312. The molecule has 0 bridgehead atoms. The van der Waals surface area contributed by atoms with Crippen LogP contribution in [-0.4, -0.2) is 24.7 Å². The molecule has 0 saturated heterocycles. The highest BCUT2D eigenvalue weighted by molar-refractivity contribution is 7.07. The number of carbonyl (C=O) groups excluding carboxylic acids is 1. The van der Waals surface area contributed by atoms with Crippen molar-refractivity contribution in [3.63, 3.8) is 0 Å². The summed E-state index contributed by atoms with van der Waals surface area (Å²) in [5, 5.41) is 17.1. The summed E-state index contributed by atoms with van der Waals surface area (Å²) in [6.07, 6.45) is -0.245. The van der Waals surface area contributed by atoms with E-state index in [9.17, 15) is 9.90 Å². The number of thiophene rings is 1. The van der Waals surface area contributed by atoms with E-state index in [4.69, 9.17) is 4.74 Å². The van der Waals surface area contributed by atoms with Crippen molar-refractivity contribution in [1.29, 1.82) is 0 Å². The Balaban J connectivity index is 1.89. The highest BCUT2D eigenvalue weighted by Crippen LogP contribution is 2.16. The van der Waals surface area contributed by atoms with E-state index >= 15 is 0 Å². The van der Waals surface area contributed by atoms with Crippen LogP contribution in [0, 0.1) is 0 Å². The third-order valence-electron chi connectivity index (χ3n) is 3.26. The van der Waals surface area contributed by atoms with Gasteiger partial charge in [0.05, 0.1) is 19.6 Å². The predicted molar refractivity (Wildman–Crippen MR) is 83.1 cm³/mol. The predicted octanol–water partition coefficient (Wildman–Crippen LogP) is 2.29. The van der Waals surface area contributed by atoms with Crippen molar-refractivity contribution in [2.24, 2.45) is 0 Å². The molecule has 1 unspecified atom stereocenters. The molecule has 1 atom stereocenters. The van der Waals surface area contributed by atoms with E-state index in [1.54, 1.807) is 11.3 Å². The lowest BCUT2D eigenvalue weighted by molar-refractivity contribution is -0.139. The second kappa shape index (κ2) is 7.93. The first-order chi connectivity index (χ1) is 10.2. The first kappa shape index (κ1) is 15.7. The average Bonchev–Trinajstić information content (AvgIpc) is 3.03. The molecular formula is C16H19NO3S. The Morgan fingerprint density at radius 3 is 2.76 bits per heavy atom. The minimum absolute atomic E-state index is 0.249. The molecule has 0 aliphatic carbocycles. The fourth-order valence-electron chi connectivity index (χ4n) is 2.06. The summed E-state index contributed by atoms with van der Waals surface area (Å²) in [4.78, 5) is 11.4. The third-order valence-corrected chi connectivity index (χ3v) is 3.96. The second-order valence-corrected chi connectivity index (χ2v) is 5.51. The second-order valence-electron chi connectivity index (χ2n) is 4.73. The number of rotatable bonds is 7. The normalized spacial score (nSPS) is 12.1. The zero-order chi connectivity index (χ0) is 15.1. The molecule has 2 aromatic rings. The lowest BCUT2D eigenvalue weighted by Crippen LogP contribution is -2.21. The van der Waals surface area contributed by atoms with Crippen LogP contribution in [0.25, 0.3) is 0 Å². The first-order valence-electron chi connectivity index (χ1n) is 6.75. The van der Waals surface area contributed by atoms with Crippen molar-refractivity contribution in [3.05, 3.63) is 57.8 Å². The number of nitrogens with one attached hydrogen (secondary N) is 1. The highest BCUT2D eigenvalue weighted by atomic mass is 32.1. The first-order valence-corrected chi connectivity index (χ1v) is 7.69. The molecule has 4 nitrogen and oxygen atoms in total. The van der Waals surface area contributed by atoms with Crippen molar-refractivity contribution >= 4 is 17.3 Å². The molecule has 112 valence electrons. The van der Waals surface area contributed by atoms with Gasteiger partial charge >= 0.3 is 5.97 Å². The maximum atomic E-state index is 11.4.